The van der Waals surface area contributed by atoms with Crippen LogP contribution in [0, 0.1) is 23.2 Å². The predicted molar refractivity (Wildman–Crippen MR) is 44.7 cm³/mol. The Kier molecular flexibility index (Phi) is 2.20. The molecule has 0 radical (unpaired) electrons. The van der Waals surface area contributed by atoms with Gasteiger partial charge in [-0.15, -0.1) is 0 Å². The average Bonchev–Trinajstić information content (AvgIpc) is 2.32. The average molecular weight is 152 g/mol. The molecule has 2 nitrogen and oxygen atoms in total. The van der Waals surface area contributed by atoms with E-state index in [-0.39, 0.29) is 0 Å². The first-order chi connectivity index (χ1) is 5.10. The Labute approximate surface area is 68.4 Å². The molecule has 0 aliphatic heterocycles. The number of hydrogen-bond donors (Lipinski definition) is 1. The molecule has 0 bridgehead atoms. The van der Waals surface area contributed by atoms with Crippen LogP contribution in [0.2, 0.25) is 0 Å². The molecule has 1 fully saturated rings. The highest BCUT2D eigenvalue weighted by Gasteiger charge is 2.41. The molecule has 0 aromatic heterocycles. The van der Waals surface area contributed by atoms with E-state index in [1.54, 1.807) is 0 Å². The Morgan fingerprint density at radius 1 is 1.64 bits per heavy atom. The topological polar surface area (TPSA) is 49.8 Å². The third kappa shape index (κ3) is 1.39. The van der Waals surface area contributed by atoms with E-state index in [9.17, 15) is 0 Å². The Morgan fingerprint density at radius 2 is 2.27 bits per heavy atom. The second-order valence-corrected chi connectivity index (χ2v) is 3.89. The van der Waals surface area contributed by atoms with Crippen LogP contribution in [0.1, 0.15) is 33.1 Å². The van der Waals surface area contributed by atoms with Crippen molar-refractivity contribution < 1.29 is 0 Å². The van der Waals surface area contributed by atoms with Crippen LogP contribution in [0.3, 0.4) is 0 Å². The first-order valence-corrected chi connectivity index (χ1v) is 4.30. The van der Waals surface area contributed by atoms with Crippen molar-refractivity contribution in [2.75, 3.05) is 0 Å². The normalized spacial score (nSPS) is 37.5. The molecular formula is C9H16N2. The van der Waals surface area contributed by atoms with Gasteiger partial charge in [-0.3, -0.25) is 0 Å². The second-order valence-electron chi connectivity index (χ2n) is 3.89. The van der Waals surface area contributed by atoms with Crippen molar-refractivity contribution in [1.82, 2.24) is 0 Å². The first-order valence-electron chi connectivity index (χ1n) is 4.30. The van der Waals surface area contributed by atoms with Gasteiger partial charge in [0.05, 0.1) is 6.07 Å². The van der Waals surface area contributed by atoms with Gasteiger partial charge in [0.1, 0.15) is 5.54 Å². The maximum absolute atomic E-state index is 8.87. The summed E-state index contributed by atoms with van der Waals surface area (Å²) >= 11 is 0. The van der Waals surface area contributed by atoms with E-state index in [0.29, 0.717) is 11.8 Å². The molecular weight excluding hydrogens is 136 g/mol. The zero-order chi connectivity index (χ0) is 8.48. The number of nitrogens with zero attached hydrogens (tertiary/aromatic N) is 1. The molecule has 0 aromatic carbocycles. The van der Waals surface area contributed by atoms with Crippen LogP contribution in [0.25, 0.3) is 0 Å². The van der Waals surface area contributed by atoms with Crippen LogP contribution in [0.5, 0.6) is 0 Å². The van der Waals surface area contributed by atoms with Crippen molar-refractivity contribution in [3.8, 4) is 6.07 Å². The molecule has 1 rings (SSSR count). The van der Waals surface area contributed by atoms with Gasteiger partial charge in [0.2, 0.25) is 0 Å². The maximum atomic E-state index is 8.87. The van der Waals surface area contributed by atoms with Gasteiger partial charge in [-0.25, -0.2) is 0 Å². The summed E-state index contributed by atoms with van der Waals surface area (Å²) in [6.45, 7) is 4.30. The van der Waals surface area contributed by atoms with Crippen LogP contribution in [0.4, 0.5) is 0 Å². The lowest BCUT2D eigenvalue weighted by Gasteiger charge is -2.26. The molecule has 2 N–H and O–H groups in total. The highest BCUT2D eigenvalue weighted by molar-refractivity contribution is 5.12. The number of nitriles is 1. The largest absolute Gasteiger partial charge is 0.313 e. The number of nitrogens with two attached hydrogens (primary N) is 1. The SMILES string of the molecule is CC(C)C1CCCC1(N)C#N. The van der Waals surface area contributed by atoms with Crippen molar-refractivity contribution >= 4 is 0 Å². The molecule has 0 aromatic rings. The van der Waals surface area contributed by atoms with Gasteiger partial charge in [-0.2, -0.15) is 5.26 Å². The summed E-state index contributed by atoms with van der Waals surface area (Å²) in [6, 6.07) is 2.25. The molecule has 0 spiro atoms. The highest BCUT2D eigenvalue weighted by atomic mass is 14.8. The van der Waals surface area contributed by atoms with Crippen LogP contribution in [-0.2, 0) is 0 Å². The molecule has 1 aliphatic rings. The minimum Gasteiger partial charge on any atom is -0.313 e. The lowest BCUT2D eigenvalue weighted by molar-refractivity contribution is 0.302. The molecule has 1 aliphatic carbocycles. The van der Waals surface area contributed by atoms with Crippen LogP contribution in [0.15, 0.2) is 0 Å². The van der Waals surface area contributed by atoms with Gasteiger partial charge in [-0.1, -0.05) is 20.3 Å². The Hall–Kier alpha value is -0.550. The zero-order valence-corrected chi connectivity index (χ0v) is 7.30. The Bertz CT molecular complexity index is 180. The van der Waals surface area contributed by atoms with E-state index in [0.717, 1.165) is 19.3 Å². The van der Waals surface area contributed by atoms with E-state index >= 15 is 0 Å². The number of rotatable bonds is 1. The van der Waals surface area contributed by atoms with E-state index in [1.165, 1.54) is 0 Å². The molecule has 62 valence electrons. The zero-order valence-electron chi connectivity index (χ0n) is 7.30. The Balaban J connectivity index is 2.74. The van der Waals surface area contributed by atoms with E-state index in [4.69, 9.17) is 11.0 Å². The molecule has 1 saturated carbocycles. The van der Waals surface area contributed by atoms with Crippen molar-refractivity contribution in [2.24, 2.45) is 17.6 Å². The number of hydrogen-bond acceptors (Lipinski definition) is 2. The van der Waals surface area contributed by atoms with Crippen LogP contribution >= 0.6 is 0 Å². The van der Waals surface area contributed by atoms with E-state index in [2.05, 4.69) is 19.9 Å². The predicted octanol–water partition coefficient (Wildman–Crippen LogP) is 1.66. The molecule has 2 heteroatoms. The van der Waals surface area contributed by atoms with Gasteiger partial charge in [0.25, 0.3) is 0 Å². The minimum atomic E-state index is -0.520. The highest BCUT2D eigenvalue weighted by Crippen LogP contribution is 2.37. The quantitative estimate of drug-likeness (QED) is 0.621. The van der Waals surface area contributed by atoms with Gasteiger partial charge >= 0.3 is 0 Å². The van der Waals surface area contributed by atoms with Gasteiger partial charge in [-0.05, 0) is 24.7 Å². The molecule has 0 saturated heterocycles. The van der Waals surface area contributed by atoms with Crippen molar-refractivity contribution in [3.05, 3.63) is 0 Å². The van der Waals surface area contributed by atoms with E-state index in [1.807, 2.05) is 0 Å². The summed E-state index contributed by atoms with van der Waals surface area (Å²) < 4.78 is 0. The summed E-state index contributed by atoms with van der Waals surface area (Å²) in [7, 11) is 0. The fourth-order valence-electron chi connectivity index (χ4n) is 2.12. The van der Waals surface area contributed by atoms with E-state index < -0.39 is 5.54 Å². The first kappa shape index (κ1) is 8.55. The summed E-state index contributed by atoms with van der Waals surface area (Å²) in [4.78, 5) is 0. The van der Waals surface area contributed by atoms with Crippen molar-refractivity contribution in [1.29, 1.82) is 5.26 Å². The third-order valence-corrected chi connectivity index (χ3v) is 2.78. The summed E-state index contributed by atoms with van der Waals surface area (Å²) in [5.41, 5.74) is 5.42. The van der Waals surface area contributed by atoms with Crippen molar-refractivity contribution in [2.45, 2.75) is 38.6 Å². The summed E-state index contributed by atoms with van der Waals surface area (Å²) in [5.74, 6) is 0.953. The smallest absolute Gasteiger partial charge is 0.107 e. The second kappa shape index (κ2) is 2.83. The minimum absolute atomic E-state index is 0.410. The maximum Gasteiger partial charge on any atom is 0.107 e. The third-order valence-electron chi connectivity index (χ3n) is 2.78. The molecule has 0 heterocycles. The van der Waals surface area contributed by atoms with Gasteiger partial charge < -0.3 is 5.73 Å². The van der Waals surface area contributed by atoms with Crippen molar-refractivity contribution in [3.63, 3.8) is 0 Å². The summed E-state index contributed by atoms with van der Waals surface area (Å²) in [5, 5.41) is 8.87. The van der Waals surface area contributed by atoms with Gasteiger partial charge in [0, 0.05) is 0 Å². The molecule has 2 atom stereocenters. The lowest BCUT2D eigenvalue weighted by Crippen LogP contribution is -2.43. The van der Waals surface area contributed by atoms with Crippen LogP contribution in [-0.4, -0.2) is 5.54 Å². The summed E-state index contributed by atoms with van der Waals surface area (Å²) in [6.07, 6.45) is 3.13. The Morgan fingerprint density at radius 3 is 2.64 bits per heavy atom. The molecule has 2 unspecified atom stereocenters. The van der Waals surface area contributed by atoms with Gasteiger partial charge in [0.15, 0.2) is 0 Å². The fourth-order valence-corrected chi connectivity index (χ4v) is 2.12. The standard InChI is InChI=1S/C9H16N2/c1-7(2)8-4-3-5-9(8,11)6-10/h7-8H,3-5,11H2,1-2H3. The van der Waals surface area contributed by atoms with Crippen LogP contribution < -0.4 is 5.73 Å². The fraction of sp³-hybridized carbons (Fsp3) is 0.889. The monoisotopic (exact) mass is 152 g/mol. The lowest BCUT2D eigenvalue weighted by atomic mass is 9.81. The molecule has 11 heavy (non-hydrogen) atoms. The molecule has 0 amide bonds.